The van der Waals surface area contributed by atoms with Gasteiger partial charge in [0.25, 0.3) is 21.9 Å². The third-order valence-corrected chi connectivity index (χ3v) is 11.2. The molecule has 4 fully saturated rings. The third kappa shape index (κ3) is 5.70. The van der Waals surface area contributed by atoms with Gasteiger partial charge < -0.3 is 25.2 Å². The van der Waals surface area contributed by atoms with E-state index in [0.29, 0.717) is 38.6 Å². The first kappa shape index (κ1) is 34.6. The number of H-pyrrole nitrogens is 1. The zero-order valence-electron chi connectivity index (χ0n) is 28.7. The molecule has 0 unspecified atom stereocenters. The number of hydrogen-bond acceptors (Lipinski definition) is 8. The van der Waals surface area contributed by atoms with E-state index < -0.39 is 51.6 Å². The lowest BCUT2D eigenvalue weighted by Crippen LogP contribution is -2.71. The van der Waals surface area contributed by atoms with Gasteiger partial charge in [-0.05, 0) is 55.5 Å². The first-order valence-electron chi connectivity index (χ1n) is 17.3. The summed E-state index contributed by atoms with van der Waals surface area (Å²) in [6.45, 7) is 4.68. The number of nitrogens with zero attached hydrogens (tertiary/aromatic N) is 3. The Hall–Kier alpha value is -3.82. The Morgan fingerprint density at radius 1 is 1.14 bits per heavy atom. The molecule has 0 radical (unpaired) electrons. The maximum absolute atomic E-state index is 14.6. The highest BCUT2D eigenvalue weighted by Gasteiger charge is 2.72. The highest BCUT2D eigenvalue weighted by Crippen LogP contribution is 2.49. The van der Waals surface area contributed by atoms with E-state index >= 15 is 0 Å². The molecule has 2 aromatic carbocycles. The molecule has 14 heteroatoms. The van der Waals surface area contributed by atoms with Crippen molar-refractivity contribution in [3.8, 4) is 0 Å². The molecule has 8 rings (SSSR count). The van der Waals surface area contributed by atoms with Crippen LogP contribution in [0.25, 0.3) is 10.9 Å². The number of rotatable bonds is 5. The van der Waals surface area contributed by atoms with E-state index in [0.717, 1.165) is 17.5 Å². The number of piperazine rings is 1. The summed E-state index contributed by atoms with van der Waals surface area (Å²) in [5.41, 5.74) is 2.75. The Kier molecular flexibility index (Phi) is 8.62. The number of likely N-dealkylation sites (tertiary alicyclic amines) is 1. The van der Waals surface area contributed by atoms with Gasteiger partial charge in [-0.3, -0.25) is 28.6 Å². The number of carbonyl (C=O) groups is 3. The van der Waals surface area contributed by atoms with Crippen molar-refractivity contribution in [1.29, 1.82) is 0 Å². The van der Waals surface area contributed by atoms with Crippen LogP contribution >= 0.6 is 0 Å². The molecule has 0 spiro atoms. The largest absolute Gasteiger partial charge is 0.361 e. The average Bonchev–Trinajstić information content (AvgIpc) is 3.77. The minimum Gasteiger partial charge on any atom is -0.361 e. The summed E-state index contributed by atoms with van der Waals surface area (Å²) in [5.74, 6) is -3.80. The van der Waals surface area contributed by atoms with Gasteiger partial charge in [0.05, 0.1) is 12.2 Å². The number of carbonyl (C=O) groups excluding carboxylic acids is 3. The molecule has 3 amide bonds. The van der Waals surface area contributed by atoms with Crippen molar-refractivity contribution >= 4 is 38.7 Å². The van der Waals surface area contributed by atoms with Gasteiger partial charge in [0.1, 0.15) is 12.1 Å². The van der Waals surface area contributed by atoms with E-state index in [-0.39, 0.29) is 30.2 Å². The van der Waals surface area contributed by atoms with Gasteiger partial charge in [-0.15, -0.1) is 0 Å². The maximum atomic E-state index is 14.6. The Morgan fingerprint density at radius 2 is 1.86 bits per heavy atom. The maximum Gasteiger partial charge on any atom is 0.281 e. The van der Waals surface area contributed by atoms with Crippen LogP contribution < -0.4 is 5.32 Å². The summed E-state index contributed by atoms with van der Waals surface area (Å²) < 4.78 is 32.4. The zero-order chi connectivity index (χ0) is 35.7. The third-order valence-electron chi connectivity index (χ3n) is 11.2. The monoisotopic (exact) mass is 707 g/mol. The SMILES string of the molecule is CC(C)[C@@]1(NC(=O)[C@H]2C[C@H]3c4cccc5[nH]cc(c45)C[C@@H]3N(C)C2)O[C@]2(O)[C@H]3CCCN3C(=O)[C@H](Cc3ccccc3)N2C1=O.CS(=O)(=O)O. The van der Waals surface area contributed by atoms with Crippen LogP contribution in [0.4, 0.5) is 0 Å². The highest BCUT2D eigenvalue weighted by atomic mass is 32.2. The molecule has 13 nitrogen and oxygen atoms in total. The van der Waals surface area contributed by atoms with E-state index in [1.165, 1.54) is 21.4 Å². The van der Waals surface area contributed by atoms with Crippen LogP contribution in [0.15, 0.2) is 54.7 Å². The van der Waals surface area contributed by atoms with Crippen LogP contribution in [-0.2, 0) is 42.1 Å². The van der Waals surface area contributed by atoms with Crippen molar-refractivity contribution in [2.45, 2.75) is 81.6 Å². The number of hydrogen-bond donors (Lipinski definition) is 4. The van der Waals surface area contributed by atoms with Gasteiger partial charge in [0.15, 0.2) is 0 Å². The summed E-state index contributed by atoms with van der Waals surface area (Å²) in [6, 6.07) is 14.5. The molecule has 7 atom stereocenters. The lowest BCUT2D eigenvalue weighted by Gasteiger charge is -2.48. The molecular weight excluding hydrogens is 662 g/mol. The molecule has 5 aliphatic rings. The van der Waals surface area contributed by atoms with Crippen LogP contribution in [0.2, 0.25) is 0 Å². The topological polar surface area (TPSA) is 173 Å². The summed E-state index contributed by atoms with van der Waals surface area (Å²) >= 11 is 0. The lowest BCUT2D eigenvalue weighted by molar-refractivity contribution is -0.321. The second-order valence-corrected chi connectivity index (χ2v) is 16.2. The van der Waals surface area contributed by atoms with Crippen molar-refractivity contribution in [3.05, 3.63) is 71.4 Å². The number of nitrogens with one attached hydrogen (secondary N) is 2. The summed E-state index contributed by atoms with van der Waals surface area (Å²) in [4.78, 5) is 51.4. The van der Waals surface area contributed by atoms with Crippen molar-refractivity contribution < 1.29 is 37.2 Å². The van der Waals surface area contributed by atoms with Crippen molar-refractivity contribution in [3.63, 3.8) is 0 Å². The Balaban J connectivity index is 0.000000734. The van der Waals surface area contributed by atoms with Gasteiger partial charge in [0.2, 0.25) is 17.5 Å². The lowest BCUT2D eigenvalue weighted by atomic mass is 9.72. The summed E-state index contributed by atoms with van der Waals surface area (Å²) in [7, 11) is -1.60. The summed E-state index contributed by atoms with van der Waals surface area (Å²) in [6.07, 6.45) is 5.84. The van der Waals surface area contributed by atoms with Crippen LogP contribution in [0, 0.1) is 11.8 Å². The van der Waals surface area contributed by atoms with Gasteiger partial charge in [-0.1, -0.05) is 56.3 Å². The van der Waals surface area contributed by atoms with E-state index in [9.17, 15) is 27.9 Å². The molecule has 50 heavy (non-hydrogen) atoms. The first-order valence-corrected chi connectivity index (χ1v) is 19.1. The normalized spacial score (nSPS) is 32.0. The zero-order valence-corrected chi connectivity index (χ0v) is 29.5. The number of amides is 3. The van der Waals surface area contributed by atoms with E-state index in [1.807, 2.05) is 44.2 Å². The second kappa shape index (κ2) is 12.4. The molecule has 1 aliphatic carbocycles. The minimum atomic E-state index is -3.67. The predicted molar refractivity (Wildman–Crippen MR) is 184 cm³/mol. The van der Waals surface area contributed by atoms with Gasteiger partial charge >= 0.3 is 0 Å². The molecule has 4 saturated heterocycles. The molecule has 4 N–H and O–H groups in total. The standard InChI is InChI=1S/C35H41N5O5.CH4O3S/c1-20(2)34(37-31(41)23-16-25-24-11-7-12-26-30(24)22(18-36-26)17-27(25)38(3)19-23)33(43)40-28(15-21-9-5-4-6-10-21)32(42)39-14-8-13-29(39)35(40,44)45-34;1-5(2,3)4/h4-7,9-12,18,20,23,25,27-29,36,44H,8,13-17,19H2,1-3H3,(H,37,41);1H3,(H,2,3,4)/t23-,25-,27-,28-,29+,34+,35+;/m0./s1. The second-order valence-electron chi connectivity index (χ2n) is 14.8. The smallest absolute Gasteiger partial charge is 0.281 e. The fraction of sp³-hybridized carbons (Fsp3) is 0.528. The van der Waals surface area contributed by atoms with Crippen LogP contribution in [0.3, 0.4) is 0 Å². The van der Waals surface area contributed by atoms with Crippen molar-refractivity contribution in [1.82, 2.24) is 25.0 Å². The van der Waals surface area contributed by atoms with E-state index in [2.05, 4.69) is 46.6 Å². The molecular formula is C36H45N5O8S. The van der Waals surface area contributed by atoms with Gasteiger partial charge in [0, 0.05) is 54.5 Å². The van der Waals surface area contributed by atoms with E-state index in [1.54, 1.807) is 4.90 Å². The van der Waals surface area contributed by atoms with Crippen LogP contribution in [-0.4, -0.2) is 112 Å². The quantitative estimate of drug-likeness (QED) is 0.290. The number of aliphatic hydroxyl groups is 1. The first-order chi connectivity index (χ1) is 23.6. The van der Waals surface area contributed by atoms with E-state index in [4.69, 9.17) is 9.29 Å². The van der Waals surface area contributed by atoms with Gasteiger partial charge in [-0.25, -0.2) is 0 Å². The molecule has 268 valence electrons. The Bertz CT molecular complexity index is 1930. The summed E-state index contributed by atoms with van der Waals surface area (Å²) in [5, 5.41) is 16.6. The van der Waals surface area contributed by atoms with Crippen molar-refractivity contribution in [2.75, 3.05) is 26.4 Å². The number of piperidine rings is 1. The molecule has 0 bridgehead atoms. The predicted octanol–water partition coefficient (Wildman–Crippen LogP) is 2.22. The Morgan fingerprint density at radius 3 is 2.56 bits per heavy atom. The molecule has 3 aromatic rings. The number of aromatic amines is 1. The Labute approximate surface area is 291 Å². The molecule has 4 aliphatic heterocycles. The number of fused-ring (bicyclic) bond motifs is 5. The fourth-order valence-electron chi connectivity index (χ4n) is 8.99. The number of likely N-dealkylation sites (N-methyl/N-ethyl adjacent to an activating group) is 1. The fourth-order valence-corrected chi connectivity index (χ4v) is 8.99. The minimum absolute atomic E-state index is 0.164. The number of benzene rings is 2. The van der Waals surface area contributed by atoms with Gasteiger partial charge in [-0.2, -0.15) is 8.42 Å². The molecule has 5 heterocycles. The number of aromatic nitrogens is 1. The van der Waals surface area contributed by atoms with Crippen LogP contribution in [0.1, 0.15) is 55.7 Å². The van der Waals surface area contributed by atoms with Crippen LogP contribution in [0.5, 0.6) is 0 Å². The average molecular weight is 708 g/mol. The van der Waals surface area contributed by atoms with Crippen molar-refractivity contribution in [2.24, 2.45) is 11.8 Å². The number of ether oxygens (including phenoxy) is 1. The highest BCUT2D eigenvalue weighted by molar-refractivity contribution is 7.85. The molecule has 1 aromatic heterocycles. The molecule has 0 saturated carbocycles.